The summed E-state index contributed by atoms with van der Waals surface area (Å²) in [5.41, 5.74) is 2.84. The maximum absolute atomic E-state index is 11.6. The molecular weight excluding hydrogens is 296 g/mol. The zero-order chi connectivity index (χ0) is 14.4. The Kier molecular flexibility index (Phi) is 5.38. The Hall–Kier alpha value is -1.59. The van der Waals surface area contributed by atoms with Crippen molar-refractivity contribution in [2.24, 2.45) is 0 Å². The molecule has 0 unspecified atom stereocenters. The van der Waals surface area contributed by atoms with Gasteiger partial charge in [0.15, 0.2) is 6.61 Å². The molecule has 4 nitrogen and oxygen atoms in total. The van der Waals surface area contributed by atoms with Crippen molar-refractivity contribution in [2.75, 3.05) is 13.2 Å². The average molecular weight is 311 g/mol. The summed E-state index contributed by atoms with van der Waals surface area (Å²) in [6.07, 6.45) is 0.795. The molecule has 0 fully saturated rings. The quantitative estimate of drug-likeness (QED) is 0.892. The number of nitrogens with zero attached hydrogens (tertiary/aromatic N) is 1. The molecule has 1 aromatic heterocycles. The van der Waals surface area contributed by atoms with E-state index in [1.807, 2.05) is 12.4 Å². The number of hydrogen-bond acceptors (Lipinski definition) is 4. The summed E-state index contributed by atoms with van der Waals surface area (Å²) in [5, 5.41) is 3.46. The van der Waals surface area contributed by atoms with Crippen molar-refractivity contribution >= 4 is 28.8 Å². The van der Waals surface area contributed by atoms with Crippen molar-refractivity contribution in [1.29, 1.82) is 0 Å². The second kappa shape index (κ2) is 7.26. The highest BCUT2D eigenvalue weighted by Crippen LogP contribution is 2.15. The van der Waals surface area contributed by atoms with Gasteiger partial charge in [-0.15, -0.1) is 11.3 Å². The lowest BCUT2D eigenvalue weighted by Crippen LogP contribution is -2.30. The van der Waals surface area contributed by atoms with E-state index >= 15 is 0 Å². The highest BCUT2D eigenvalue weighted by molar-refractivity contribution is 7.09. The van der Waals surface area contributed by atoms with Crippen molar-refractivity contribution in [3.8, 4) is 5.75 Å². The molecule has 1 heterocycles. The number of amides is 1. The SMILES string of the molecule is Cc1ncsc1CCNC(=O)COc1ccc(Cl)cc1. The van der Waals surface area contributed by atoms with E-state index in [-0.39, 0.29) is 12.5 Å². The van der Waals surface area contributed by atoms with E-state index in [0.717, 1.165) is 12.1 Å². The van der Waals surface area contributed by atoms with Crippen LogP contribution in [0.3, 0.4) is 0 Å². The number of ether oxygens (including phenoxy) is 1. The molecule has 2 aromatic rings. The van der Waals surface area contributed by atoms with Crippen LogP contribution in [0.1, 0.15) is 10.6 Å². The van der Waals surface area contributed by atoms with Gasteiger partial charge in [-0.1, -0.05) is 11.6 Å². The number of carbonyl (C=O) groups excluding carboxylic acids is 1. The molecule has 2 rings (SSSR count). The third kappa shape index (κ3) is 4.51. The third-order valence-electron chi connectivity index (χ3n) is 2.70. The second-order valence-electron chi connectivity index (χ2n) is 4.20. The van der Waals surface area contributed by atoms with Gasteiger partial charge >= 0.3 is 0 Å². The molecule has 0 aliphatic heterocycles. The number of benzene rings is 1. The Labute approximate surface area is 126 Å². The molecule has 0 aliphatic carbocycles. The molecule has 0 radical (unpaired) electrons. The van der Waals surface area contributed by atoms with Crippen LogP contribution in [0.15, 0.2) is 29.8 Å². The van der Waals surface area contributed by atoms with Gasteiger partial charge in [0, 0.05) is 22.9 Å². The van der Waals surface area contributed by atoms with Crippen LogP contribution in [0.4, 0.5) is 0 Å². The first kappa shape index (κ1) is 14.8. The fraction of sp³-hybridized carbons (Fsp3) is 0.286. The van der Waals surface area contributed by atoms with Crippen LogP contribution in [0.25, 0.3) is 0 Å². The molecule has 6 heteroatoms. The minimum atomic E-state index is -0.137. The van der Waals surface area contributed by atoms with E-state index in [1.54, 1.807) is 35.6 Å². The normalized spacial score (nSPS) is 10.3. The van der Waals surface area contributed by atoms with Gasteiger partial charge in [0.1, 0.15) is 5.75 Å². The average Bonchev–Trinajstić information content (AvgIpc) is 2.84. The van der Waals surface area contributed by atoms with E-state index in [9.17, 15) is 4.79 Å². The van der Waals surface area contributed by atoms with E-state index in [4.69, 9.17) is 16.3 Å². The highest BCUT2D eigenvalue weighted by Gasteiger charge is 2.05. The lowest BCUT2D eigenvalue weighted by molar-refractivity contribution is -0.123. The fourth-order valence-electron chi connectivity index (χ4n) is 1.61. The molecule has 20 heavy (non-hydrogen) atoms. The first-order valence-corrected chi connectivity index (χ1v) is 7.45. The molecule has 0 aliphatic rings. The minimum Gasteiger partial charge on any atom is -0.484 e. The van der Waals surface area contributed by atoms with Crippen molar-refractivity contribution in [2.45, 2.75) is 13.3 Å². The number of aromatic nitrogens is 1. The molecule has 0 atom stereocenters. The van der Waals surface area contributed by atoms with Crippen LogP contribution in [0.2, 0.25) is 5.02 Å². The summed E-state index contributed by atoms with van der Waals surface area (Å²) in [6, 6.07) is 6.91. The van der Waals surface area contributed by atoms with Crippen LogP contribution in [-0.4, -0.2) is 24.0 Å². The van der Waals surface area contributed by atoms with Crippen LogP contribution in [0, 0.1) is 6.92 Å². The number of halogens is 1. The first-order valence-electron chi connectivity index (χ1n) is 6.19. The maximum Gasteiger partial charge on any atom is 0.257 e. The van der Waals surface area contributed by atoms with Crippen molar-refractivity contribution in [3.63, 3.8) is 0 Å². The van der Waals surface area contributed by atoms with E-state index in [2.05, 4.69) is 10.3 Å². The Morgan fingerprint density at radius 2 is 2.15 bits per heavy atom. The number of rotatable bonds is 6. The Morgan fingerprint density at radius 1 is 1.40 bits per heavy atom. The predicted octanol–water partition coefficient (Wildman–Crippen LogP) is 2.84. The molecule has 0 saturated carbocycles. The Bertz CT molecular complexity index is 569. The van der Waals surface area contributed by atoms with Gasteiger partial charge in [-0.3, -0.25) is 4.79 Å². The summed E-state index contributed by atoms with van der Waals surface area (Å²) >= 11 is 7.37. The smallest absolute Gasteiger partial charge is 0.257 e. The van der Waals surface area contributed by atoms with E-state index in [1.165, 1.54) is 4.88 Å². The molecular formula is C14H15ClN2O2S. The van der Waals surface area contributed by atoms with Gasteiger partial charge in [-0.25, -0.2) is 4.98 Å². The largest absolute Gasteiger partial charge is 0.484 e. The Balaban J connectivity index is 1.68. The van der Waals surface area contributed by atoms with Crippen molar-refractivity contribution in [3.05, 3.63) is 45.4 Å². The van der Waals surface area contributed by atoms with Crippen LogP contribution in [0.5, 0.6) is 5.75 Å². The lowest BCUT2D eigenvalue weighted by atomic mass is 10.3. The van der Waals surface area contributed by atoms with Crippen LogP contribution < -0.4 is 10.1 Å². The maximum atomic E-state index is 11.6. The topological polar surface area (TPSA) is 51.2 Å². The van der Waals surface area contributed by atoms with Gasteiger partial charge in [0.05, 0.1) is 11.2 Å². The molecule has 1 aromatic carbocycles. The van der Waals surface area contributed by atoms with Gasteiger partial charge in [-0.05, 0) is 31.2 Å². The lowest BCUT2D eigenvalue weighted by Gasteiger charge is -2.07. The highest BCUT2D eigenvalue weighted by atomic mass is 35.5. The van der Waals surface area contributed by atoms with Crippen molar-refractivity contribution < 1.29 is 9.53 Å². The fourth-order valence-corrected chi connectivity index (χ4v) is 2.52. The molecule has 0 spiro atoms. The zero-order valence-electron chi connectivity index (χ0n) is 11.1. The number of aryl methyl sites for hydroxylation is 1. The number of thiazole rings is 1. The number of carbonyl (C=O) groups is 1. The van der Waals surface area contributed by atoms with Gasteiger partial charge < -0.3 is 10.1 Å². The monoisotopic (exact) mass is 310 g/mol. The molecule has 106 valence electrons. The minimum absolute atomic E-state index is 0.00328. The summed E-state index contributed by atoms with van der Waals surface area (Å²) in [7, 11) is 0. The van der Waals surface area contributed by atoms with Gasteiger partial charge in [-0.2, -0.15) is 0 Å². The van der Waals surface area contributed by atoms with Gasteiger partial charge in [0.2, 0.25) is 0 Å². The van der Waals surface area contributed by atoms with Gasteiger partial charge in [0.25, 0.3) is 5.91 Å². The summed E-state index contributed by atoms with van der Waals surface area (Å²) in [4.78, 5) is 17.0. The number of hydrogen-bond donors (Lipinski definition) is 1. The first-order chi connectivity index (χ1) is 9.65. The third-order valence-corrected chi connectivity index (χ3v) is 3.95. The molecule has 0 saturated heterocycles. The standard InChI is InChI=1S/C14H15ClN2O2S/c1-10-13(20-9-17-10)6-7-16-14(18)8-19-12-4-2-11(15)3-5-12/h2-5,9H,6-8H2,1H3,(H,16,18). The Morgan fingerprint density at radius 3 is 2.80 bits per heavy atom. The van der Waals surface area contributed by atoms with Crippen LogP contribution in [-0.2, 0) is 11.2 Å². The summed E-state index contributed by atoms with van der Waals surface area (Å²) in [5.74, 6) is 0.491. The molecule has 0 bridgehead atoms. The summed E-state index contributed by atoms with van der Waals surface area (Å²) < 4.78 is 5.35. The number of nitrogens with one attached hydrogen (secondary N) is 1. The second-order valence-corrected chi connectivity index (χ2v) is 5.58. The van der Waals surface area contributed by atoms with E-state index in [0.29, 0.717) is 17.3 Å². The zero-order valence-corrected chi connectivity index (χ0v) is 12.6. The van der Waals surface area contributed by atoms with E-state index < -0.39 is 0 Å². The predicted molar refractivity (Wildman–Crippen MR) is 80.5 cm³/mol. The summed E-state index contributed by atoms with van der Waals surface area (Å²) in [6.45, 7) is 2.56. The van der Waals surface area contributed by atoms with Crippen LogP contribution >= 0.6 is 22.9 Å². The van der Waals surface area contributed by atoms with Crippen molar-refractivity contribution in [1.82, 2.24) is 10.3 Å². The molecule has 1 N–H and O–H groups in total. The molecule has 1 amide bonds.